The van der Waals surface area contributed by atoms with Crippen molar-refractivity contribution in [2.75, 3.05) is 5.75 Å². The molecule has 0 saturated heterocycles. The molecule has 0 unspecified atom stereocenters. The lowest BCUT2D eigenvalue weighted by Crippen LogP contribution is -2.21. The quantitative estimate of drug-likeness (QED) is 0.331. The molecule has 1 aliphatic rings. The van der Waals surface area contributed by atoms with E-state index >= 15 is 0 Å². The summed E-state index contributed by atoms with van der Waals surface area (Å²) in [5, 5.41) is 11.0. The third kappa shape index (κ3) is 5.12. The molecular weight excluding hydrogens is 347 g/mol. The van der Waals surface area contributed by atoms with E-state index in [1.165, 1.54) is 0 Å². The van der Waals surface area contributed by atoms with Gasteiger partial charge in [0.1, 0.15) is 6.10 Å². The third-order valence-corrected chi connectivity index (χ3v) is 4.72. The number of thioether (sulfide) groups is 1. The van der Waals surface area contributed by atoms with Gasteiger partial charge in [0.05, 0.1) is 21.1 Å². The summed E-state index contributed by atoms with van der Waals surface area (Å²) in [5.41, 5.74) is -1.76. The van der Waals surface area contributed by atoms with Crippen LogP contribution < -0.4 is 0 Å². The van der Waals surface area contributed by atoms with Crippen LogP contribution in [0.1, 0.15) is 37.7 Å². The lowest BCUT2D eigenvalue weighted by molar-refractivity contribution is -0.388. The highest BCUT2D eigenvalue weighted by atomic mass is 32.2. The fraction of sp³-hybridized carbons (Fsp3) is 0.533. The monoisotopic (exact) mass is 363 g/mol. The van der Waals surface area contributed by atoms with Crippen molar-refractivity contribution in [1.29, 1.82) is 0 Å². The lowest BCUT2D eigenvalue weighted by atomic mass is 9.98. The Labute approximate surface area is 140 Å². The number of nitro groups is 1. The zero-order valence-electron chi connectivity index (χ0n) is 12.7. The molecule has 2 rings (SSSR count). The predicted octanol–water partition coefficient (Wildman–Crippen LogP) is 4.58. The molecule has 0 amide bonds. The summed E-state index contributed by atoms with van der Waals surface area (Å²) in [6.45, 7) is 0. The maximum absolute atomic E-state index is 12.6. The minimum atomic E-state index is -4.66. The van der Waals surface area contributed by atoms with Gasteiger partial charge in [-0.15, -0.1) is 11.8 Å². The fourth-order valence-corrected chi connectivity index (χ4v) is 3.29. The fourth-order valence-electron chi connectivity index (χ4n) is 2.50. The van der Waals surface area contributed by atoms with Crippen molar-refractivity contribution in [3.63, 3.8) is 0 Å². The summed E-state index contributed by atoms with van der Waals surface area (Å²) in [5.74, 6) is -0.691. The average Bonchev–Trinajstić information content (AvgIpc) is 2.52. The molecule has 1 aromatic rings. The van der Waals surface area contributed by atoms with E-state index in [9.17, 15) is 28.1 Å². The smallest absolute Gasteiger partial charge is 0.416 e. The number of benzene rings is 1. The molecule has 0 spiro atoms. The Balaban J connectivity index is 2.00. The molecule has 9 heteroatoms. The van der Waals surface area contributed by atoms with Crippen molar-refractivity contribution >= 4 is 23.4 Å². The topological polar surface area (TPSA) is 69.4 Å². The summed E-state index contributed by atoms with van der Waals surface area (Å²) < 4.78 is 43.2. The van der Waals surface area contributed by atoms with E-state index in [1.54, 1.807) is 0 Å². The number of alkyl halides is 3. The van der Waals surface area contributed by atoms with Gasteiger partial charge in [-0.1, -0.05) is 6.42 Å². The molecule has 0 bridgehead atoms. The number of ether oxygens (including phenoxy) is 1. The second-order valence-electron chi connectivity index (χ2n) is 5.48. The van der Waals surface area contributed by atoms with E-state index in [1.807, 2.05) is 0 Å². The number of carbonyl (C=O) groups is 1. The largest absolute Gasteiger partial charge is 0.462 e. The highest BCUT2D eigenvalue weighted by Crippen LogP contribution is 2.36. The van der Waals surface area contributed by atoms with Crippen molar-refractivity contribution in [2.24, 2.45) is 0 Å². The molecule has 0 N–H and O–H groups in total. The molecule has 24 heavy (non-hydrogen) atoms. The highest BCUT2D eigenvalue weighted by Gasteiger charge is 2.33. The average molecular weight is 363 g/mol. The van der Waals surface area contributed by atoms with Crippen LogP contribution in [0.25, 0.3) is 0 Å². The van der Waals surface area contributed by atoms with Gasteiger partial charge in [-0.25, -0.2) is 0 Å². The summed E-state index contributed by atoms with van der Waals surface area (Å²) >= 11 is 0.808. The van der Waals surface area contributed by atoms with Crippen molar-refractivity contribution in [3.8, 4) is 0 Å². The number of rotatable bonds is 5. The van der Waals surface area contributed by atoms with E-state index < -0.39 is 28.3 Å². The van der Waals surface area contributed by atoms with Gasteiger partial charge in [0, 0.05) is 6.07 Å². The van der Waals surface area contributed by atoms with Gasteiger partial charge in [-0.3, -0.25) is 14.9 Å². The number of nitro benzene ring substituents is 1. The normalized spacial score (nSPS) is 16.0. The van der Waals surface area contributed by atoms with Crippen LogP contribution in [0.2, 0.25) is 0 Å². The molecule has 0 heterocycles. The Bertz CT molecular complexity index is 615. The molecule has 1 aromatic carbocycles. The molecule has 0 radical (unpaired) electrons. The maximum atomic E-state index is 12.6. The van der Waals surface area contributed by atoms with E-state index in [2.05, 4.69) is 0 Å². The van der Waals surface area contributed by atoms with Gasteiger partial charge in [0.15, 0.2) is 0 Å². The standard InChI is InChI=1S/C15H16F3NO4S/c16-15(17,18)10-6-7-13(12(8-10)19(21)22)24-9-14(20)23-11-4-2-1-3-5-11/h6-8,11H,1-5,9H2. The summed E-state index contributed by atoms with van der Waals surface area (Å²) in [4.78, 5) is 21.9. The summed E-state index contributed by atoms with van der Waals surface area (Å²) in [6, 6.07) is 2.26. The Morgan fingerprint density at radius 3 is 2.54 bits per heavy atom. The zero-order chi connectivity index (χ0) is 17.7. The molecular formula is C15H16F3NO4S. The van der Waals surface area contributed by atoms with Crippen LogP contribution in [-0.2, 0) is 15.7 Å². The Hall–Kier alpha value is -1.77. The second kappa shape index (κ2) is 7.87. The van der Waals surface area contributed by atoms with Gasteiger partial charge in [0.2, 0.25) is 0 Å². The van der Waals surface area contributed by atoms with Crippen LogP contribution in [0.15, 0.2) is 23.1 Å². The number of carbonyl (C=O) groups excluding carboxylic acids is 1. The van der Waals surface area contributed by atoms with Crippen LogP contribution in [0.5, 0.6) is 0 Å². The molecule has 0 aromatic heterocycles. The van der Waals surface area contributed by atoms with E-state index in [-0.39, 0.29) is 16.8 Å². The van der Waals surface area contributed by atoms with E-state index in [0.717, 1.165) is 56.0 Å². The molecule has 0 atom stereocenters. The number of nitrogens with zero attached hydrogens (tertiary/aromatic N) is 1. The van der Waals surface area contributed by atoms with Crippen LogP contribution in [0.3, 0.4) is 0 Å². The van der Waals surface area contributed by atoms with Gasteiger partial charge < -0.3 is 4.74 Å². The van der Waals surface area contributed by atoms with Gasteiger partial charge in [-0.2, -0.15) is 13.2 Å². The first-order valence-electron chi connectivity index (χ1n) is 7.45. The Morgan fingerprint density at radius 1 is 1.29 bits per heavy atom. The first-order valence-corrected chi connectivity index (χ1v) is 8.44. The first-order chi connectivity index (χ1) is 11.3. The Morgan fingerprint density at radius 2 is 1.96 bits per heavy atom. The predicted molar refractivity (Wildman–Crippen MR) is 81.8 cm³/mol. The van der Waals surface area contributed by atoms with Crippen molar-refractivity contribution in [3.05, 3.63) is 33.9 Å². The van der Waals surface area contributed by atoms with Crippen LogP contribution in [-0.4, -0.2) is 22.7 Å². The first kappa shape index (κ1) is 18.6. The molecule has 1 saturated carbocycles. The maximum Gasteiger partial charge on any atom is 0.416 e. The van der Waals surface area contributed by atoms with E-state index in [0.29, 0.717) is 6.07 Å². The summed E-state index contributed by atoms with van der Waals surface area (Å²) in [6.07, 6.45) is -0.0815. The molecule has 1 aliphatic carbocycles. The number of hydrogen-bond donors (Lipinski definition) is 0. The van der Waals surface area contributed by atoms with Crippen LogP contribution >= 0.6 is 11.8 Å². The highest BCUT2D eigenvalue weighted by molar-refractivity contribution is 8.00. The number of hydrogen-bond acceptors (Lipinski definition) is 5. The van der Waals surface area contributed by atoms with Gasteiger partial charge in [-0.05, 0) is 37.8 Å². The third-order valence-electron chi connectivity index (χ3n) is 3.68. The van der Waals surface area contributed by atoms with Crippen molar-refractivity contribution < 1.29 is 27.6 Å². The van der Waals surface area contributed by atoms with Crippen LogP contribution in [0, 0.1) is 10.1 Å². The summed E-state index contributed by atoms with van der Waals surface area (Å²) in [7, 11) is 0. The molecule has 5 nitrogen and oxygen atoms in total. The zero-order valence-corrected chi connectivity index (χ0v) is 13.5. The van der Waals surface area contributed by atoms with Crippen molar-refractivity contribution in [1.82, 2.24) is 0 Å². The molecule has 0 aliphatic heterocycles. The van der Waals surface area contributed by atoms with Gasteiger partial charge in [0.25, 0.3) is 5.69 Å². The van der Waals surface area contributed by atoms with E-state index in [4.69, 9.17) is 4.74 Å². The Kier molecular flexibility index (Phi) is 6.09. The minimum Gasteiger partial charge on any atom is -0.462 e. The minimum absolute atomic E-state index is 0.00796. The lowest BCUT2D eigenvalue weighted by Gasteiger charge is -2.21. The molecule has 1 fully saturated rings. The number of esters is 1. The molecule has 132 valence electrons. The number of halogens is 3. The second-order valence-corrected chi connectivity index (χ2v) is 6.49. The van der Waals surface area contributed by atoms with Crippen LogP contribution in [0.4, 0.5) is 18.9 Å². The van der Waals surface area contributed by atoms with Gasteiger partial charge >= 0.3 is 12.1 Å². The van der Waals surface area contributed by atoms with Crippen molar-refractivity contribution in [2.45, 2.75) is 49.3 Å². The SMILES string of the molecule is O=C(CSc1ccc(C(F)(F)F)cc1[N+](=O)[O-])OC1CCCCC1.